The first-order valence-electron chi connectivity index (χ1n) is 7.25. The number of pyridine rings is 1. The standard InChI is InChI=1S/C15H20N2O2/c18-14-10-12(7-8-16-14)15(19)17-9-3-6-13(17)11-4-1-2-5-11/h7-8,10-11,13H,1-6,9H2,(H,16,18). The zero-order chi connectivity index (χ0) is 13.2. The molecule has 1 aliphatic carbocycles. The molecule has 0 radical (unpaired) electrons. The molecule has 1 aromatic rings. The van der Waals surface area contributed by atoms with Gasteiger partial charge in [0.05, 0.1) is 0 Å². The van der Waals surface area contributed by atoms with Gasteiger partial charge < -0.3 is 9.88 Å². The average Bonchev–Trinajstić information content (AvgIpc) is 3.08. The summed E-state index contributed by atoms with van der Waals surface area (Å²) in [6, 6.07) is 3.51. The highest BCUT2D eigenvalue weighted by Crippen LogP contribution is 2.35. The Hall–Kier alpha value is -1.58. The Bertz CT molecular complexity index is 517. The van der Waals surface area contributed by atoms with Gasteiger partial charge in [-0.15, -0.1) is 0 Å². The van der Waals surface area contributed by atoms with Crippen molar-refractivity contribution in [2.75, 3.05) is 6.54 Å². The van der Waals surface area contributed by atoms with E-state index >= 15 is 0 Å². The van der Waals surface area contributed by atoms with Crippen LogP contribution in [0.2, 0.25) is 0 Å². The van der Waals surface area contributed by atoms with Crippen LogP contribution in [0.5, 0.6) is 0 Å². The molecule has 2 aliphatic rings. The Morgan fingerprint density at radius 2 is 2.00 bits per heavy atom. The first kappa shape index (κ1) is 12.5. The van der Waals surface area contributed by atoms with Crippen molar-refractivity contribution in [1.29, 1.82) is 0 Å². The van der Waals surface area contributed by atoms with Crippen molar-refractivity contribution >= 4 is 5.91 Å². The lowest BCUT2D eigenvalue weighted by molar-refractivity contribution is 0.0689. The smallest absolute Gasteiger partial charge is 0.254 e. The number of hydrogen-bond donors (Lipinski definition) is 1. The lowest BCUT2D eigenvalue weighted by atomic mass is 9.95. The highest BCUT2D eigenvalue weighted by atomic mass is 16.2. The fourth-order valence-corrected chi connectivity index (χ4v) is 3.62. The minimum absolute atomic E-state index is 0.0282. The van der Waals surface area contributed by atoms with Crippen LogP contribution < -0.4 is 5.56 Å². The Morgan fingerprint density at radius 1 is 1.21 bits per heavy atom. The molecule has 3 rings (SSSR count). The van der Waals surface area contributed by atoms with E-state index in [0.29, 0.717) is 17.5 Å². The Morgan fingerprint density at radius 3 is 2.74 bits per heavy atom. The van der Waals surface area contributed by atoms with Gasteiger partial charge in [-0.3, -0.25) is 9.59 Å². The maximum absolute atomic E-state index is 12.5. The van der Waals surface area contributed by atoms with Gasteiger partial charge in [-0.2, -0.15) is 0 Å². The summed E-state index contributed by atoms with van der Waals surface area (Å²) in [6.07, 6.45) is 8.88. The monoisotopic (exact) mass is 260 g/mol. The summed E-state index contributed by atoms with van der Waals surface area (Å²) in [5.74, 6) is 0.703. The Balaban J connectivity index is 1.80. The third-order valence-corrected chi connectivity index (χ3v) is 4.53. The Kier molecular flexibility index (Phi) is 3.40. The molecule has 1 unspecified atom stereocenters. The highest BCUT2D eigenvalue weighted by Gasteiger charge is 2.36. The first-order valence-corrected chi connectivity index (χ1v) is 7.25. The molecule has 1 N–H and O–H groups in total. The van der Waals surface area contributed by atoms with Gasteiger partial charge in [-0.1, -0.05) is 12.8 Å². The van der Waals surface area contributed by atoms with Crippen molar-refractivity contribution < 1.29 is 4.79 Å². The second kappa shape index (κ2) is 5.19. The molecule has 2 heterocycles. The second-order valence-corrected chi connectivity index (χ2v) is 5.69. The molecular formula is C15H20N2O2. The fraction of sp³-hybridized carbons (Fsp3) is 0.600. The van der Waals surface area contributed by atoms with Gasteiger partial charge in [0, 0.05) is 30.4 Å². The quantitative estimate of drug-likeness (QED) is 0.886. The maximum Gasteiger partial charge on any atom is 0.254 e. The molecule has 1 aliphatic heterocycles. The summed E-state index contributed by atoms with van der Waals surface area (Å²) in [6.45, 7) is 0.840. The third kappa shape index (κ3) is 2.44. The molecule has 1 aromatic heterocycles. The van der Waals surface area contributed by atoms with E-state index in [1.54, 1.807) is 12.3 Å². The predicted molar refractivity (Wildman–Crippen MR) is 73.1 cm³/mol. The number of rotatable bonds is 2. The molecule has 4 nitrogen and oxygen atoms in total. The molecule has 2 fully saturated rings. The van der Waals surface area contributed by atoms with Gasteiger partial charge in [0.1, 0.15) is 0 Å². The number of carbonyl (C=O) groups is 1. The maximum atomic E-state index is 12.5. The molecular weight excluding hydrogens is 240 g/mol. The number of likely N-dealkylation sites (tertiary alicyclic amines) is 1. The van der Waals surface area contributed by atoms with Crippen molar-refractivity contribution in [1.82, 2.24) is 9.88 Å². The van der Waals surface area contributed by atoms with E-state index in [1.165, 1.54) is 31.7 Å². The summed E-state index contributed by atoms with van der Waals surface area (Å²) in [5.41, 5.74) is 0.316. The Labute approximate surface area is 112 Å². The van der Waals surface area contributed by atoms with Crippen LogP contribution in [0.3, 0.4) is 0 Å². The normalized spacial score (nSPS) is 24.0. The molecule has 4 heteroatoms. The molecule has 102 valence electrons. The lowest BCUT2D eigenvalue weighted by Crippen LogP contribution is -2.39. The van der Waals surface area contributed by atoms with Crippen LogP contribution in [0.25, 0.3) is 0 Å². The van der Waals surface area contributed by atoms with Crippen molar-refractivity contribution in [2.24, 2.45) is 5.92 Å². The van der Waals surface area contributed by atoms with Gasteiger partial charge >= 0.3 is 0 Å². The number of nitrogens with one attached hydrogen (secondary N) is 1. The lowest BCUT2D eigenvalue weighted by Gasteiger charge is -2.29. The van der Waals surface area contributed by atoms with Crippen molar-refractivity contribution in [3.8, 4) is 0 Å². The van der Waals surface area contributed by atoms with Crippen LogP contribution in [0.1, 0.15) is 48.9 Å². The van der Waals surface area contributed by atoms with Crippen molar-refractivity contribution in [2.45, 2.75) is 44.6 Å². The summed E-state index contributed by atoms with van der Waals surface area (Å²) in [7, 11) is 0. The molecule has 1 saturated carbocycles. The average molecular weight is 260 g/mol. The van der Waals surface area contributed by atoms with Gasteiger partial charge in [0.25, 0.3) is 5.91 Å². The molecule has 0 spiro atoms. The summed E-state index contributed by atoms with van der Waals surface area (Å²) < 4.78 is 0. The second-order valence-electron chi connectivity index (χ2n) is 5.69. The van der Waals surface area contributed by atoms with Crippen LogP contribution in [-0.2, 0) is 0 Å². The van der Waals surface area contributed by atoms with Gasteiger partial charge in [0.15, 0.2) is 0 Å². The molecule has 19 heavy (non-hydrogen) atoms. The van der Waals surface area contributed by atoms with E-state index in [1.807, 2.05) is 4.90 Å². The van der Waals surface area contributed by atoms with Gasteiger partial charge in [-0.25, -0.2) is 0 Å². The fourth-order valence-electron chi connectivity index (χ4n) is 3.62. The SMILES string of the molecule is O=C(c1cc[nH]c(=O)c1)N1CCCC1C1CCCC1. The number of aromatic amines is 1. The zero-order valence-electron chi connectivity index (χ0n) is 11.1. The van der Waals surface area contributed by atoms with Crippen LogP contribution in [0, 0.1) is 5.92 Å². The number of hydrogen-bond acceptors (Lipinski definition) is 2. The molecule has 0 aromatic carbocycles. The summed E-state index contributed by atoms with van der Waals surface area (Å²) >= 11 is 0. The van der Waals surface area contributed by atoms with Crippen LogP contribution in [0.15, 0.2) is 23.1 Å². The van der Waals surface area contributed by atoms with E-state index in [4.69, 9.17) is 0 Å². The first-order chi connectivity index (χ1) is 9.25. The van der Waals surface area contributed by atoms with E-state index in [-0.39, 0.29) is 11.5 Å². The number of amides is 1. The van der Waals surface area contributed by atoms with Gasteiger partial charge in [0.2, 0.25) is 5.56 Å². The van der Waals surface area contributed by atoms with E-state index < -0.39 is 0 Å². The highest BCUT2D eigenvalue weighted by molar-refractivity contribution is 5.94. The third-order valence-electron chi connectivity index (χ3n) is 4.53. The van der Waals surface area contributed by atoms with Crippen molar-refractivity contribution in [3.05, 3.63) is 34.2 Å². The van der Waals surface area contributed by atoms with E-state index in [0.717, 1.165) is 19.4 Å². The minimum atomic E-state index is -0.206. The van der Waals surface area contributed by atoms with E-state index in [2.05, 4.69) is 4.98 Å². The van der Waals surface area contributed by atoms with E-state index in [9.17, 15) is 9.59 Å². The topological polar surface area (TPSA) is 53.2 Å². The molecule has 1 amide bonds. The number of H-pyrrole nitrogens is 1. The number of aromatic nitrogens is 1. The molecule has 0 bridgehead atoms. The number of nitrogens with zero attached hydrogens (tertiary/aromatic N) is 1. The van der Waals surface area contributed by atoms with Gasteiger partial charge in [-0.05, 0) is 37.7 Å². The minimum Gasteiger partial charge on any atom is -0.335 e. The molecule has 1 atom stereocenters. The predicted octanol–water partition coefficient (Wildman–Crippen LogP) is 2.17. The largest absolute Gasteiger partial charge is 0.335 e. The van der Waals surface area contributed by atoms with Crippen molar-refractivity contribution in [3.63, 3.8) is 0 Å². The summed E-state index contributed by atoms with van der Waals surface area (Å²) in [5, 5.41) is 0. The zero-order valence-corrected chi connectivity index (χ0v) is 11.1. The van der Waals surface area contributed by atoms with Crippen LogP contribution >= 0.6 is 0 Å². The molecule has 1 saturated heterocycles. The van der Waals surface area contributed by atoms with Crippen LogP contribution in [-0.4, -0.2) is 28.4 Å². The summed E-state index contributed by atoms with van der Waals surface area (Å²) in [4.78, 5) is 28.4. The number of carbonyl (C=O) groups excluding carboxylic acids is 1. The van der Waals surface area contributed by atoms with Crippen LogP contribution in [0.4, 0.5) is 0 Å².